The summed E-state index contributed by atoms with van der Waals surface area (Å²) < 4.78 is 5.15. The molecule has 1 N–H and O–H groups in total. The fraction of sp³-hybridized carbons (Fsp3) is 0.263. The number of aryl methyl sites for hydroxylation is 2. The van der Waals surface area contributed by atoms with Crippen LogP contribution in [-0.2, 0) is 0 Å². The zero-order chi connectivity index (χ0) is 16.8. The van der Waals surface area contributed by atoms with E-state index in [4.69, 9.17) is 4.74 Å². The molecule has 0 atom stereocenters. The number of hydrogen-bond donors (Lipinski definition) is 1. The first kappa shape index (κ1) is 16.7. The van der Waals surface area contributed by atoms with Crippen molar-refractivity contribution >= 4 is 11.6 Å². The van der Waals surface area contributed by atoms with Crippen molar-refractivity contribution in [3.8, 4) is 5.75 Å². The molecule has 2 aromatic rings. The summed E-state index contributed by atoms with van der Waals surface area (Å²) in [6.07, 6.45) is 0.722. The van der Waals surface area contributed by atoms with Crippen molar-refractivity contribution in [1.29, 1.82) is 0 Å². The van der Waals surface area contributed by atoms with E-state index >= 15 is 0 Å². The number of ether oxygens (including phenoxy) is 1. The molecule has 0 fully saturated rings. The lowest BCUT2D eigenvalue weighted by Crippen LogP contribution is -2.20. The van der Waals surface area contributed by atoms with Crippen LogP contribution < -0.4 is 10.2 Å². The molecule has 0 aliphatic heterocycles. The van der Waals surface area contributed by atoms with Gasteiger partial charge in [-0.15, -0.1) is 0 Å². The number of amides is 1. The van der Waals surface area contributed by atoms with Gasteiger partial charge in [0.2, 0.25) is 0 Å². The summed E-state index contributed by atoms with van der Waals surface area (Å²) in [4.78, 5) is 12.2. The van der Waals surface area contributed by atoms with Crippen LogP contribution in [0.5, 0.6) is 5.75 Å². The highest BCUT2D eigenvalue weighted by atomic mass is 16.5. The minimum Gasteiger partial charge on any atom is -0.497 e. The van der Waals surface area contributed by atoms with Crippen LogP contribution >= 0.6 is 0 Å². The lowest BCUT2D eigenvalue weighted by Gasteiger charge is -2.07. The lowest BCUT2D eigenvalue weighted by molar-refractivity contribution is 0.0954. The second kappa shape index (κ2) is 7.58. The summed E-state index contributed by atoms with van der Waals surface area (Å²) >= 11 is 0. The van der Waals surface area contributed by atoms with E-state index in [1.165, 1.54) is 0 Å². The molecular formula is C19H22N2O2. The summed E-state index contributed by atoms with van der Waals surface area (Å²) in [5, 5.41) is 4.27. The molecule has 0 saturated heterocycles. The fourth-order valence-electron chi connectivity index (χ4n) is 2.20. The summed E-state index contributed by atoms with van der Waals surface area (Å²) in [6, 6.07) is 13.3. The zero-order valence-corrected chi connectivity index (χ0v) is 14.0. The molecule has 120 valence electrons. The third kappa shape index (κ3) is 4.19. The van der Waals surface area contributed by atoms with Gasteiger partial charge in [0.05, 0.1) is 12.8 Å². The number of benzene rings is 2. The third-order valence-corrected chi connectivity index (χ3v) is 3.82. The van der Waals surface area contributed by atoms with E-state index in [1.807, 2.05) is 63.2 Å². The number of hydrazone groups is 1. The minimum absolute atomic E-state index is 0.201. The second-order valence-electron chi connectivity index (χ2n) is 5.38. The Morgan fingerprint density at radius 3 is 2.26 bits per heavy atom. The van der Waals surface area contributed by atoms with Crippen molar-refractivity contribution in [3.05, 3.63) is 64.7 Å². The standard InChI is InChI=1S/C19H22N2O2/c1-5-18(15-8-10-17(23-4)11-9-15)20-21-19(22)16-7-6-13(2)14(3)12-16/h6-12H,5H2,1-4H3,(H,21,22). The van der Waals surface area contributed by atoms with Gasteiger partial charge >= 0.3 is 0 Å². The molecule has 0 spiro atoms. The molecule has 0 unspecified atom stereocenters. The van der Waals surface area contributed by atoms with Crippen LogP contribution in [0.3, 0.4) is 0 Å². The van der Waals surface area contributed by atoms with Gasteiger partial charge < -0.3 is 4.74 Å². The lowest BCUT2D eigenvalue weighted by atomic mass is 10.1. The molecule has 1 amide bonds. The molecule has 4 nitrogen and oxygen atoms in total. The van der Waals surface area contributed by atoms with Crippen LogP contribution in [0.15, 0.2) is 47.6 Å². The molecule has 4 heteroatoms. The van der Waals surface area contributed by atoms with Crippen LogP contribution in [0, 0.1) is 13.8 Å². The average Bonchev–Trinajstić information content (AvgIpc) is 2.58. The Kier molecular flexibility index (Phi) is 5.52. The Hall–Kier alpha value is -2.62. The van der Waals surface area contributed by atoms with Crippen molar-refractivity contribution < 1.29 is 9.53 Å². The Morgan fingerprint density at radius 1 is 1.04 bits per heavy atom. The summed E-state index contributed by atoms with van der Waals surface area (Å²) in [5.41, 5.74) is 7.30. The van der Waals surface area contributed by atoms with Gasteiger partial charge in [0.25, 0.3) is 5.91 Å². The van der Waals surface area contributed by atoms with Crippen molar-refractivity contribution in [2.45, 2.75) is 27.2 Å². The summed E-state index contributed by atoms with van der Waals surface area (Å²) in [7, 11) is 1.63. The molecule has 0 radical (unpaired) electrons. The van der Waals surface area contributed by atoms with Crippen LogP contribution in [-0.4, -0.2) is 18.7 Å². The van der Waals surface area contributed by atoms with Crippen molar-refractivity contribution in [2.75, 3.05) is 7.11 Å². The van der Waals surface area contributed by atoms with Crippen molar-refractivity contribution in [1.82, 2.24) is 5.43 Å². The number of carbonyl (C=O) groups is 1. The predicted octanol–water partition coefficient (Wildman–Crippen LogP) is 3.86. The Balaban J connectivity index is 2.14. The quantitative estimate of drug-likeness (QED) is 0.673. The van der Waals surface area contributed by atoms with E-state index in [1.54, 1.807) is 7.11 Å². The maximum Gasteiger partial charge on any atom is 0.271 e. The summed E-state index contributed by atoms with van der Waals surface area (Å²) in [6.45, 7) is 6.02. The van der Waals surface area contributed by atoms with E-state index in [0.29, 0.717) is 5.56 Å². The number of nitrogens with zero attached hydrogens (tertiary/aromatic N) is 1. The van der Waals surface area contributed by atoms with Gasteiger partial charge in [0, 0.05) is 5.56 Å². The number of carbonyl (C=O) groups excluding carboxylic acids is 1. The largest absolute Gasteiger partial charge is 0.497 e. The first-order valence-corrected chi connectivity index (χ1v) is 7.63. The third-order valence-electron chi connectivity index (χ3n) is 3.82. The van der Waals surface area contributed by atoms with Crippen molar-refractivity contribution in [3.63, 3.8) is 0 Å². The topological polar surface area (TPSA) is 50.7 Å². The fourth-order valence-corrected chi connectivity index (χ4v) is 2.20. The van der Waals surface area contributed by atoms with Crippen LogP contribution in [0.4, 0.5) is 0 Å². The molecule has 2 aromatic carbocycles. The molecule has 2 rings (SSSR count). The Morgan fingerprint density at radius 2 is 1.70 bits per heavy atom. The zero-order valence-electron chi connectivity index (χ0n) is 14.0. The minimum atomic E-state index is -0.201. The first-order valence-electron chi connectivity index (χ1n) is 7.63. The molecular weight excluding hydrogens is 288 g/mol. The Labute approximate surface area is 137 Å². The van der Waals surface area contributed by atoms with Gasteiger partial charge in [-0.1, -0.05) is 13.0 Å². The number of nitrogens with one attached hydrogen (secondary N) is 1. The van der Waals surface area contributed by atoms with Crippen molar-refractivity contribution in [2.24, 2.45) is 5.10 Å². The van der Waals surface area contributed by atoms with Crippen LogP contribution in [0.25, 0.3) is 0 Å². The molecule has 0 aliphatic carbocycles. The number of methoxy groups -OCH3 is 1. The highest BCUT2D eigenvalue weighted by Gasteiger charge is 2.07. The SMILES string of the molecule is CCC(=NNC(=O)c1ccc(C)c(C)c1)c1ccc(OC)cc1. The molecule has 0 bridgehead atoms. The van der Waals surface area contributed by atoms with E-state index in [2.05, 4.69) is 10.5 Å². The monoisotopic (exact) mass is 310 g/mol. The van der Waals surface area contributed by atoms with Crippen LogP contribution in [0.1, 0.15) is 40.4 Å². The van der Waals surface area contributed by atoms with E-state index in [-0.39, 0.29) is 5.91 Å². The van der Waals surface area contributed by atoms with E-state index in [0.717, 1.165) is 34.6 Å². The van der Waals surface area contributed by atoms with Gasteiger partial charge in [-0.3, -0.25) is 4.79 Å². The van der Waals surface area contributed by atoms with Gasteiger partial charge in [-0.25, -0.2) is 5.43 Å². The van der Waals surface area contributed by atoms with E-state index in [9.17, 15) is 4.79 Å². The highest BCUT2D eigenvalue weighted by Crippen LogP contribution is 2.13. The van der Waals surface area contributed by atoms with E-state index < -0.39 is 0 Å². The maximum absolute atomic E-state index is 12.2. The molecule has 0 saturated carbocycles. The number of rotatable bonds is 5. The Bertz CT molecular complexity index is 719. The normalized spacial score (nSPS) is 11.2. The number of hydrogen-bond acceptors (Lipinski definition) is 3. The molecule has 23 heavy (non-hydrogen) atoms. The van der Waals surface area contributed by atoms with Gasteiger partial charge in [-0.2, -0.15) is 5.10 Å². The highest BCUT2D eigenvalue weighted by molar-refractivity contribution is 6.02. The van der Waals surface area contributed by atoms with Gasteiger partial charge in [-0.05, 0) is 73.4 Å². The molecule has 0 aromatic heterocycles. The second-order valence-corrected chi connectivity index (χ2v) is 5.38. The predicted molar refractivity (Wildman–Crippen MR) is 93.2 cm³/mol. The van der Waals surface area contributed by atoms with Gasteiger partial charge in [0.1, 0.15) is 5.75 Å². The first-order chi connectivity index (χ1) is 11.0. The van der Waals surface area contributed by atoms with Gasteiger partial charge in [0.15, 0.2) is 0 Å². The van der Waals surface area contributed by atoms with Crippen LogP contribution in [0.2, 0.25) is 0 Å². The smallest absolute Gasteiger partial charge is 0.271 e. The maximum atomic E-state index is 12.2. The summed E-state index contributed by atoms with van der Waals surface area (Å²) in [5.74, 6) is 0.593. The molecule has 0 heterocycles. The average molecular weight is 310 g/mol. The molecule has 0 aliphatic rings.